The van der Waals surface area contributed by atoms with Crippen LogP contribution < -0.4 is 0 Å². The number of hydrogen-bond acceptors (Lipinski definition) is 2. The molecule has 0 amide bonds. The topological polar surface area (TPSA) is 40.5 Å². The third-order valence-corrected chi connectivity index (χ3v) is 2.53. The fourth-order valence-electron chi connectivity index (χ4n) is 1.07. The summed E-state index contributed by atoms with van der Waals surface area (Å²) in [5.74, 6) is 0. The third kappa shape index (κ3) is 3.21. The summed E-state index contributed by atoms with van der Waals surface area (Å²) in [6.07, 6.45) is 2.74. The highest BCUT2D eigenvalue weighted by Crippen LogP contribution is 2.30. The molecule has 2 nitrogen and oxygen atoms in total. The van der Waals surface area contributed by atoms with E-state index in [4.69, 9.17) is 10.2 Å². The van der Waals surface area contributed by atoms with E-state index < -0.39 is 6.29 Å². The van der Waals surface area contributed by atoms with Gasteiger partial charge in [-0.15, -0.1) is 0 Å². The Morgan fingerprint density at radius 1 is 1.27 bits per heavy atom. The van der Waals surface area contributed by atoms with Gasteiger partial charge in [0.2, 0.25) is 0 Å². The smallest absolute Gasteiger partial charge is 0.156 e. The Morgan fingerprint density at radius 2 is 1.82 bits per heavy atom. The maximum absolute atomic E-state index is 9.05. The molecule has 11 heavy (non-hydrogen) atoms. The van der Waals surface area contributed by atoms with Gasteiger partial charge in [0.05, 0.1) is 0 Å². The minimum Gasteiger partial charge on any atom is -0.368 e. The summed E-state index contributed by atoms with van der Waals surface area (Å²) in [5, 5.41) is 18.1. The molecule has 68 valence electrons. The highest BCUT2D eigenvalue weighted by molar-refractivity contribution is 4.74. The highest BCUT2D eigenvalue weighted by Gasteiger charge is 2.28. The van der Waals surface area contributed by atoms with Gasteiger partial charge in [0, 0.05) is 5.41 Å². The molecule has 1 unspecified atom stereocenters. The van der Waals surface area contributed by atoms with Gasteiger partial charge in [-0.05, 0) is 12.8 Å². The van der Waals surface area contributed by atoms with Gasteiger partial charge < -0.3 is 10.2 Å². The SMILES string of the molecule is CCCCC(C)(CC)C(O)O. The number of rotatable bonds is 5. The van der Waals surface area contributed by atoms with E-state index in [-0.39, 0.29) is 5.41 Å². The first-order valence-corrected chi connectivity index (χ1v) is 4.43. The van der Waals surface area contributed by atoms with Crippen molar-refractivity contribution in [3.8, 4) is 0 Å². The van der Waals surface area contributed by atoms with E-state index in [2.05, 4.69) is 6.92 Å². The lowest BCUT2D eigenvalue weighted by atomic mass is 9.82. The predicted molar refractivity (Wildman–Crippen MR) is 46.1 cm³/mol. The molecule has 0 heterocycles. The fourth-order valence-corrected chi connectivity index (χ4v) is 1.07. The Hall–Kier alpha value is -0.0800. The van der Waals surface area contributed by atoms with E-state index in [0.29, 0.717) is 0 Å². The Labute approximate surface area is 69.2 Å². The standard InChI is InChI=1S/C9H20O2/c1-4-6-7-9(3,5-2)8(10)11/h8,10-11H,4-7H2,1-3H3. The molecule has 0 aromatic rings. The van der Waals surface area contributed by atoms with E-state index in [1.807, 2.05) is 13.8 Å². The maximum Gasteiger partial charge on any atom is 0.156 e. The van der Waals surface area contributed by atoms with Crippen LogP contribution in [0.5, 0.6) is 0 Å². The second kappa shape index (κ2) is 4.73. The quantitative estimate of drug-likeness (QED) is 0.603. The van der Waals surface area contributed by atoms with Gasteiger partial charge in [-0.2, -0.15) is 0 Å². The molecule has 0 rings (SSSR count). The minimum atomic E-state index is -1.17. The van der Waals surface area contributed by atoms with Crippen LogP contribution in [-0.4, -0.2) is 16.5 Å². The lowest BCUT2D eigenvalue weighted by molar-refractivity contribution is -0.133. The van der Waals surface area contributed by atoms with E-state index >= 15 is 0 Å². The van der Waals surface area contributed by atoms with Gasteiger partial charge in [0.25, 0.3) is 0 Å². The van der Waals surface area contributed by atoms with Gasteiger partial charge in [-0.3, -0.25) is 0 Å². The van der Waals surface area contributed by atoms with Gasteiger partial charge in [-0.1, -0.05) is 33.6 Å². The first-order chi connectivity index (χ1) is 5.06. The van der Waals surface area contributed by atoms with Crippen LogP contribution in [0.2, 0.25) is 0 Å². The van der Waals surface area contributed by atoms with Crippen molar-refractivity contribution in [3.05, 3.63) is 0 Å². The molecule has 0 aromatic heterocycles. The van der Waals surface area contributed by atoms with E-state index in [0.717, 1.165) is 25.7 Å². The zero-order valence-corrected chi connectivity index (χ0v) is 7.80. The molecule has 0 saturated carbocycles. The predicted octanol–water partition coefficient (Wildman–Crippen LogP) is 1.90. The van der Waals surface area contributed by atoms with Crippen LogP contribution in [0.25, 0.3) is 0 Å². The number of unbranched alkanes of at least 4 members (excludes halogenated alkanes) is 1. The van der Waals surface area contributed by atoms with Gasteiger partial charge in [0.1, 0.15) is 0 Å². The Morgan fingerprint density at radius 3 is 2.09 bits per heavy atom. The van der Waals surface area contributed by atoms with Crippen LogP contribution in [0, 0.1) is 5.41 Å². The molecule has 0 aliphatic rings. The molecule has 0 fully saturated rings. The Bertz CT molecular complexity index is 102. The van der Waals surface area contributed by atoms with Gasteiger partial charge in [0.15, 0.2) is 6.29 Å². The van der Waals surface area contributed by atoms with Crippen molar-refractivity contribution in [1.29, 1.82) is 0 Å². The van der Waals surface area contributed by atoms with Crippen LogP contribution in [0.4, 0.5) is 0 Å². The van der Waals surface area contributed by atoms with Crippen molar-refractivity contribution in [1.82, 2.24) is 0 Å². The van der Waals surface area contributed by atoms with Crippen LogP contribution in [-0.2, 0) is 0 Å². The second-order valence-electron chi connectivity index (χ2n) is 3.48. The number of aliphatic hydroxyl groups is 2. The molecule has 0 bridgehead atoms. The van der Waals surface area contributed by atoms with Crippen LogP contribution in [0.15, 0.2) is 0 Å². The molecule has 0 radical (unpaired) electrons. The fraction of sp³-hybridized carbons (Fsp3) is 1.00. The molecule has 2 N–H and O–H groups in total. The molecule has 0 spiro atoms. The van der Waals surface area contributed by atoms with Gasteiger partial charge in [-0.25, -0.2) is 0 Å². The van der Waals surface area contributed by atoms with E-state index in [1.165, 1.54) is 0 Å². The summed E-state index contributed by atoms with van der Waals surface area (Å²) in [4.78, 5) is 0. The molecule has 0 aliphatic heterocycles. The average molecular weight is 160 g/mol. The highest BCUT2D eigenvalue weighted by atomic mass is 16.5. The summed E-state index contributed by atoms with van der Waals surface area (Å²) in [6, 6.07) is 0. The number of hydrogen-bond donors (Lipinski definition) is 2. The first-order valence-electron chi connectivity index (χ1n) is 4.43. The summed E-state index contributed by atoms with van der Waals surface area (Å²) >= 11 is 0. The molecule has 2 heteroatoms. The summed E-state index contributed by atoms with van der Waals surface area (Å²) in [7, 11) is 0. The molecular formula is C9H20O2. The van der Waals surface area contributed by atoms with Crippen molar-refractivity contribution in [2.24, 2.45) is 5.41 Å². The lowest BCUT2D eigenvalue weighted by Crippen LogP contribution is -2.31. The lowest BCUT2D eigenvalue weighted by Gasteiger charge is -2.29. The Balaban J connectivity index is 3.88. The van der Waals surface area contributed by atoms with E-state index in [1.54, 1.807) is 0 Å². The molecule has 0 saturated heterocycles. The molecular weight excluding hydrogens is 140 g/mol. The average Bonchev–Trinajstić information content (AvgIpc) is 2.00. The van der Waals surface area contributed by atoms with Crippen molar-refractivity contribution in [2.75, 3.05) is 0 Å². The van der Waals surface area contributed by atoms with Crippen molar-refractivity contribution in [3.63, 3.8) is 0 Å². The number of aliphatic hydroxyl groups excluding tert-OH is 1. The second-order valence-corrected chi connectivity index (χ2v) is 3.48. The normalized spacial score (nSPS) is 16.9. The van der Waals surface area contributed by atoms with Crippen LogP contribution in [0.3, 0.4) is 0 Å². The summed E-state index contributed by atoms with van der Waals surface area (Å²) < 4.78 is 0. The monoisotopic (exact) mass is 160 g/mol. The largest absolute Gasteiger partial charge is 0.368 e. The zero-order valence-electron chi connectivity index (χ0n) is 7.80. The van der Waals surface area contributed by atoms with E-state index in [9.17, 15) is 0 Å². The van der Waals surface area contributed by atoms with Crippen LogP contribution >= 0.6 is 0 Å². The molecule has 0 aromatic carbocycles. The first kappa shape index (κ1) is 10.9. The van der Waals surface area contributed by atoms with Crippen molar-refractivity contribution < 1.29 is 10.2 Å². The summed E-state index contributed by atoms with van der Waals surface area (Å²) in [5.41, 5.74) is -0.296. The minimum absolute atomic E-state index is 0.296. The van der Waals surface area contributed by atoms with Crippen LogP contribution in [0.1, 0.15) is 46.5 Å². The molecule has 1 atom stereocenters. The summed E-state index contributed by atoms with van der Waals surface area (Å²) in [6.45, 7) is 6.03. The maximum atomic E-state index is 9.05. The third-order valence-electron chi connectivity index (χ3n) is 2.53. The molecule has 0 aliphatic carbocycles. The zero-order chi connectivity index (χ0) is 8.91. The van der Waals surface area contributed by atoms with Crippen molar-refractivity contribution in [2.45, 2.75) is 52.7 Å². The van der Waals surface area contributed by atoms with Crippen molar-refractivity contribution >= 4 is 0 Å². The Kier molecular flexibility index (Phi) is 4.69. The van der Waals surface area contributed by atoms with Gasteiger partial charge >= 0.3 is 0 Å².